The maximum absolute atomic E-state index is 11.8. The topological polar surface area (TPSA) is 171 Å². The number of phenolic OH excluding ortho intramolecular Hbond substituents is 2. The average Bonchev–Trinajstić information content (AvgIpc) is 1.54. The first-order valence-corrected chi connectivity index (χ1v) is 36.3. The van der Waals surface area contributed by atoms with Crippen molar-refractivity contribution in [1.82, 2.24) is 44.0 Å². The Balaban J connectivity index is 0.000000139. The maximum atomic E-state index is 11.8. The summed E-state index contributed by atoms with van der Waals surface area (Å²) < 4.78 is 22.0. The minimum Gasteiger partial charge on any atom is -0.505 e. The van der Waals surface area contributed by atoms with E-state index in [1.807, 2.05) is 176 Å². The first kappa shape index (κ1) is 73.6. The summed E-state index contributed by atoms with van der Waals surface area (Å²) in [5.74, 6) is 4.17. The number of nitrogens with zero attached hydrogens (tertiary/aromatic N) is 8. The molecule has 0 aliphatic rings. The molecular formula is C94H84N9O5Pt-. The molecule has 0 bridgehead atoms. The maximum Gasteiger partial charge on any atom is 0.219 e. The van der Waals surface area contributed by atoms with Crippen molar-refractivity contribution in [1.29, 1.82) is 0 Å². The number of aromatic amines is 1. The van der Waals surface area contributed by atoms with Crippen LogP contribution < -0.4 is 14.2 Å². The number of H-pyrrole nitrogens is 1. The zero-order valence-electron chi connectivity index (χ0n) is 63.0. The van der Waals surface area contributed by atoms with E-state index in [1.165, 1.54) is 5.39 Å². The van der Waals surface area contributed by atoms with Crippen LogP contribution in [-0.4, -0.2) is 54.2 Å². The third kappa shape index (κ3) is 15.4. The monoisotopic (exact) mass is 1610 g/mol. The molecule has 0 saturated carbocycles. The molecule has 0 aliphatic heterocycles. The van der Waals surface area contributed by atoms with Gasteiger partial charge >= 0.3 is 0 Å². The Morgan fingerprint density at radius 2 is 0.780 bits per heavy atom. The van der Waals surface area contributed by atoms with Crippen molar-refractivity contribution in [3.8, 4) is 91.5 Å². The SMILES string of the molecule is CC(C)(C)c1cc(-n2c3ccccc3c3ccc(-c4[c-]c(Oc5ccccn5)ccc4)nc32)c(O)c(C(C)(C)C)c1.CC(C)(C)c1cc(-n2c3ccccc3c3ccc(-c4cccc(Oc5ccccn5)c4)nc32)c(O)c(C(C)(C)C)c1.[Pt].c1ccc(Oc2cccc(-c3ccc4c(n3)[nH]c3ccccc34)c2)nc1. The summed E-state index contributed by atoms with van der Waals surface area (Å²) in [6, 6.07) is 87.4. The Labute approximate surface area is 649 Å². The van der Waals surface area contributed by atoms with Crippen LogP contribution in [0, 0.1) is 6.07 Å². The van der Waals surface area contributed by atoms with E-state index in [0.717, 1.165) is 134 Å². The fraction of sp³-hybridized carbons (Fsp3) is 0.170. The van der Waals surface area contributed by atoms with E-state index in [0.29, 0.717) is 29.1 Å². The Hall–Kier alpha value is -12.3. The molecule has 9 heterocycles. The summed E-state index contributed by atoms with van der Waals surface area (Å²) in [5, 5.41) is 30.1. The van der Waals surface area contributed by atoms with E-state index < -0.39 is 0 Å². The standard InChI is InChI=1S/C36H35N3O2.C36H34N3O2.C22H15N3O.Pt/c2*1-35(2,3)24-21-28(36(4,5)6)33(40)31(22-24)39-30-15-8-7-14-26(30)27-17-18-29(38-34(27)39)23-12-11-13-25(20-23)41-32-16-9-10-19-37-32;1-2-9-20-17(8-1)18-11-12-19(24-22(18)25-20)15-6-5-7-16(14-15)26-21-10-3-4-13-23-21;/h7-22,40H,1-6H3;7-19,21-22,40H,1-6H3;1-14H,(H,24,25);/q;-1;;. The normalized spacial score (nSPS) is 11.9. The number of pyridine rings is 6. The average molecular weight is 1610 g/mol. The van der Waals surface area contributed by atoms with Crippen LogP contribution in [0.1, 0.15) is 105 Å². The van der Waals surface area contributed by atoms with Gasteiger partial charge in [0.1, 0.15) is 39.9 Å². The van der Waals surface area contributed by atoms with E-state index in [-0.39, 0.29) is 54.2 Å². The van der Waals surface area contributed by atoms with Gasteiger partial charge in [-0.2, -0.15) is 0 Å². The van der Waals surface area contributed by atoms with E-state index in [1.54, 1.807) is 18.6 Å². The van der Waals surface area contributed by atoms with Crippen LogP contribution in [0.25, 0.3) is 111 Å². The van der Waals surface area contributed by atoms with Crippen molar-refractivity contribution in [2.24, 2.45) is 0 Å². The molecule has 15 heteroatoms. The Morgan fingerprint density at radius 1 is 0.358 bits per heavy atom. The first-order chi connectivity index (χ1) is 51.9. The van der Waals surface area contributed by atoms with Gasteiger partial charge in [0.15, 0.2) is 0 Å². The summed E-state index contributed by atoms with van der Waals surface area (Å²) in [7, 11) is 0. The van der Waals surface area contributed by atoms with Crippen LogP contribution in [0.5, 0.6) is 46.4 Å². The number of aromatic hydroxyl groups is 2. The second-order valence-electron chi connectivity index (χ2n) is 31.2. The van der Waals surface area contributed by atoms with Crippen LogP contribution >= 0.6 is 0 Å². The van der Waals surface area contributed by atoms with E-state index in [4.69, 9.17) is 29.2 Å². The number of hydrogen-bond donors (Lipinski definition) is 3. The fourth-order valence-electron chi connectivity index (χ4n) is 13.6. The van der Waals surface area contributed by atoms with Crippen LogP contribution in [0.3, 0.4) is 0 Å². The van der Waals surface area contributed by atoms with Crippen LogP contribution in [0.4, 0.5) is 0 Å². The zero-order valence-corrected chi connectivity index (χ0v) is 65.3. The zero-order chi connectivity index (χ0) is 75.2. The number of nitrogens with one attached hydrogen (secondary N) is 1. The van der Waals surface area contributed by atoms with Crippen LogP contribution in [0.15, 0.2) is 273 Å². The first-order valence-electron chi connectivity index (χ1n) is 36.3. The summed E-state index contributed by atoms with van der Waals surface area (Å²) in [4.78, 5) is 31.3. The minimum atomic E-state index is -0.250. The third-order valence-corrected chi connectivity index (χ3v) is 19.3. The van der Waals surface area contributed by atoms with Gasteiger partial charge in [-0.3, -0.25) is 14.1 Å². The molecule has 14 nitrogen and oxygen atoms in total. The van der Waals surface area contributed by atoms with Crippen LogP contribution in [0.2, 0.25) is 0 Å². The molecule has 0 spiro atoms. The van der Waals surface area contributed by atoms with Gasteiger partial charge in [0.05, 0.1) is 33.8 Å². The Kier molecular flexibility index (Phi) is 20.2. The molecule has 0 unspecified atom stereocenters. The van der Waals surface area contributed by atoms with Gasteiger partial charge in [-0.15, -0.1) is 23.8 Å². The number of phenols is 2. The molecule has 0 amide bonds. The molecule has 0 aliphatic carbocycles. The van der Waals surface area contributed by atoms with Crippen molar-refractivity contribution in [3.05, 3.63) is 302 Å². The molecule has 17 aromatic rings. The number of hydrogen-bond acceptors (Lipinski definition) is 11. The van der Waals surface area contributed by atoms with Crippen molar-refractivity contribution in [2.45, 2.75) is 105 Å². The van der Waals surface area contributed by atoms with Crippen molar-refractivity contribution in [2.75, 3.05) is 0 Å². The fourth-order valence-corrected chi connectivity index (χ4v) is 13.6. The predicted molar refractivity (Wildman–Crippen MR) is 437 cm³/mol. The molecule has 9 aromatic heterocycles. The van der Waals surface area contributed by atoms with E-state index in [9.17, 15) is 10.2 Å². The molecular weight excluding hydrogens is 1530 g/mol. The number of para-hydroxylation sites is 3. The number of rotatable bonds is 11. The molecule has 546 valence electrons. The summed E-state index contributed by atoms with van der Waals surface area (Å²) in [5.41, 5.74) is 15.7. The van der Waals surface area contributed by atoms with Crippen molar-refractivity contribution >= 4 is 65.8 Å². The largest absolute Gasteiger partial charge is 0.505 e. The van der Waals surface area contributed by atoms with Gasteiger partial charge in [-0.1, -0.05) is 210 Å². The van der Waals surface area contributed by atoms with Crippen molar-refractivity contribution in [3.63, 3.8) is 0 Å². The molecule has 109 heavy (non-hydrogen) atoms. The molecule has 0 saturated heterocycles. The Bertz CT molecular complexity index is 5900. The van der Waals surface area contributed by atoms with E-state index in [2.05, 4.69) is 197 Å². The molecule has 0 fully saturated rings. The molecule has 0 atom stereocenters. The summed E-state index contributed by atoms with van der Waals surface area (Å²) in [6.45, 7) is 26.0. The second kappa shape index (κ2) is 29.8. The van der Waals surface area contributed by atoms with Gasteiger partial charge < -0.3 is 29.4 Å². The molecule has 0 radical (unpaired) electrons. The predicted octanol–water partition coefficient (Wildman–Crippen LogP) is 24.0. The van der Waals surface area contributed by atoms with Crippen molar-refractivity contribution < 1.29 is 45.5 Å². The van der Waals surface area contributed by atoms with Crippen LogP contribution in [-0.2, 0) is 42.7 Å². The number of ether oxygens (including phenoxy) is 3. The molecule has 3 N–H and O–H groups in total. The minimum absolute atomic E-state index is 0. The number of fused-ring (bicyclic) bond motifs is 9. The summed E-state index contributed by atoms with van der Waals surface area (Å²) in [6.07, 6.45) is 5.12. The smallest absolute Gasteiger partial charge is 0.219 e. The molecule has 17 rings (SSSR count). The molecule has 8 aromatic carbocycles. The number of aromatic nitrogens is 9. The van der Waals surface area contributed by atoms with E-state index >= 15 is 0 Å². The third-order valence-electron chi connectivity index (χ3n) is 19.3. The van der Waals surface area contributed by atoms with Gasteiger partial charge in [0.25, 0.3) is 0 Å². The van der Waals surface area contributed by atoms with Gasteiger partial charge in [0, 0.05) is 124 Å². The Morgan fingerprint density at radius 3 is 1.26 bits per heavy atom. The number of benzene rings is 8. The van der Waals surface area contributed by atoms with Gasteiger partial charge in [0.2, 0.25) is 17.6 Å². The summed E-state index contributed by atoms with van der Waals surface area (Å²) >= 11 is 0. The quantitative estimate of drug-likeness (QED) is 0.105. The second-order valence-corrected chi connectivity index (χ2v) is 31.2. The van der Waals surface area contributed by atoms with Gasteiger partial charge in [-0.25, -0.2) is 24.9 Å². The van der Waals surface area contributed by atoms with Gasteiger partial charge in [-0.05, 0) is 136 Å².